The van der Waals surface area contributed by atoms with E-state index in [-0.39, 0.29) is 31.4 Å². The summed E-state index contributed by atoms with van der Waals surface area (Å²) in [5, 5.41) is 15.9. The number of ether oxygens (including phenoxy) is 1. The number of rotatable bonds is 10. The van der Waals surface area contributed by atoms with Gasteiger partial charge in [-0.2, -0.15) is 0 Å². The Morgan fingerprint density at radius 3 is 2.23 bits per heavy atom. The first-order valence-electron chi connectivity index (χ1n) is 7.87. The molecular formula is C18H24BrCl3N2O2. The minimum absolute atomic E-state index is 0. The molecule has 3 N–H and O–H groups in total. The standard InChI is InChI=1S/C18H22BrClN2O2.2ClH/c19-17-11-15(12-22-8-7-21-9-10-23)3-6-18(17)24-13-14-1-4-16(20)5-2-14;;/h1-6,11,21-23H,7-10,12-13H2;2*1H. The molecule has 8 heteroatoms. The molecule has 2 aromatic rings. The maximum Gasteiger partial charge on any atom is 0.134 e. The number of aliphatic hydroxyl groups is 1. The fourth-order valence-electron chi connectivity index (χ4n) is 2.13. The smallest absolute Gasteiger partial charge is 0.134 e. The summed E-state index contributed by atoms with van der Waals surface area (Å²) in [5.74, 6) is 0.818. The fourth-order valence-corrected chi connectivity index (χ4v) is 2.79. The molecule has 0 aliphatic rings. The summed E-state index contributed by atoms with van der Waals surface area (Å²) in [4.78, 5) is 0. The zero-order valence-electron chi connectivity index (χ0n) is 14.2. The molecular weight excluding hydrogens is 462 g/mol. The summed E-state index contributed by atoms with van der Waals surface area (Å²) in [6, 6.07) is 13.7. The van der Waals surface area contributed by atoms with E-state index in [1.807, 2.05) is 30.3 Å². The van der Waals surface area contributed by atoms with Crippen molar-refractivity contribution in [1.29, 1.82) is 0 Å². The van der Waals surface area contributed by atoms with E-state index in [0.717, 1.165) is 40.4 Å². The van der Waals surface area contributed by atoms with Crippen LogP contribution in [-0.4, -0.2) is 31.3 Å². The van der Waals surface area contributed by atoms with Crippen molar-refractivity contribution < 1.29 is 9.84 Å². The van der Waals surface area contributed by atoms with Crippen LogP contribution in [0.2, 0.25) is 5.02 Å². The molecule has 4 nitrogen and oxygen atoms in total. The summed E-state index contributed by atoms with van der Waals surface area (Å²) in [7, 11) is 0. The van der Waals surface area contributed by atoms with Crippen LogP contribution in [0, 0.1) is 0 Å². The molecule has 0 aromatic heterocycles. The molecule has 2 rings (SSSR count). The van der Waals surface area contributed by atoms with Gasteiger partial charge in [0.2, 0.25) is 0 Å². The highest BCUT2D eigenvalue weighted by Crippen LogP contribution is 2.27. The lowest BCUT2D eigenvalue weighted by Gasteiger charge is -2.11. The molecule has 0 aliphatic carbocycles. The van der Waals surface area contributed by atoms with Crippen molar-refractivity contribution in [2.24, 2.45) is 0 Å². The third-order valence-corrected chi connectivity index (χ3v) is 4.27. The van der Waals surface area contributed by atoms with Gasteiger partial charge in [-0.3, -0.25) is 0 Å². The summed E-state index contributed by atoms with van der Waals surface area (Å²) < 4.78 is 6.78. The Bertz CT molecular complexity index is 630. The number of hydrogen-bond acceptors (Lipinski definition) is 4. The maximum atomic E-state index is 8.68. The highest BCUT2D eigenvalue weighted by Gasteiger charge is 2.04. The van der Waals surface area contributed by atoms with E-state index in [4.69, 9.17) is 21.4 Å². The van der Waals surface area contributed by atoms with E-state index in [9.17, 15) is 0 Å². The van der Waals surface area contributed by atoms with Crippen LogP contribution in [0.25, 0.3) is 0 Å². The maximum absolute atomic E-state index is 8.68. The minimum atomic E-state index is 0. The van der Waals surface area contributed by atoms with Crippen LogP contribution in [0.5, 0.6) is 5.75 Å². The average molecular weight is 487 g/mol. The van der Waals surface area contributed by atoms with Gasteiger partial charge >= 0.3 is 0 Å². The van der Waals surface area contributed by atoms with Crippen LogP contribution in [-0.2, 0) is 13.2 Å². The van der Waals surface area contributed by atoms with Gasteiger partial charge in [0, 0.05) is 31.2 Å². The van der Waals surface area contributed by atoms with Gasteiger partial charge in [0.15, 0.2) is 0 Å². The topological polar surface area (TPSA) is 53.5 Å². The van der Waals surface area contributed by atoms with Crippen LogP contribution in [0.4, 0.5) is 0 Å². The Balaban J connectivity index is 0.00000312. The van der Waals surface area contributed by atoms with Crippen molar-refractivity contribution in [2.45, 2.75) is 13.2 Å². The number of halogens is 4. The van der Waals surface area contributed by atoms with E-state index < -0.39 is 0 Å². The van der Waals surface area contributed by atoms with Gasteiger partial charge in [0.1, 0.15) is 12.4 Å². The lowest BCUT2D eigenvalue weighted by atomic mass is 10.2. The van der Waals surface area contributed by atoms with Crippen LogP contribution >= 0.6 is 52.3 Å². The van der Waals surface area contributed by atoms with Crippen molar-refractivity contribution in [1.82, 2.24) is 10.6 Å². The van der Waals surface area contributed by atoms with Crippen molar-refractivity contribution in [2.75, 3.05) is 26.2 Å². The second kappa shape index (κ2) is 14.5. The molecule has 0 unspecified atom stereocenters. The molecule has 0 spiro atoms. The Labute approximate surface area is 180 Å². The van der Waals surface area contributed by atoms with Crippen LogP contribution < -0.4 is 15.4 Å². The number of aliphatic hydroxyl groups excluding tert-OH is 1. The first kappa shape index (κ1) is 25.5. The largest absolute Gasteiger partial charge is 0.488 e. The molecule has 0 aliphatic heterocycles. The molecule has 0 saturated carbocycles. The number of benzene rings is 2. The van der Waals surface area contributed by atoms with Gasteiger partial charge < -0.3 is 20.5 Å². The van der Waals surface area contributed by atoms with Crippen LogP contribution in [0.1, 0.15) is 11.1 Å². The van der Waals surface area contributed by atoms with Crippen molar-refractivity contribution in [3.05, 3.63) is 63.1 Å². The highest BCUT2D eigenvalue weighted by molar-refractivity contribution is 9.10. The van der Waals surface area contributed by atoms with Gasteiger partial charge in [-0.25, -0.2) is 0 Å². The van der Waals surface area contributed by atoms with Crippen molar-refractivity contribution >= 4 is 52.3 Å². The summed E-state index contributed by atoms with van der Waals surface area (Å²) in [6.07, 6.45) is 0. The molecule has 0 radical (unpaired) electrons. The number of hydrogen-bond donors (Lipinski definition) is 3. The third-order valence-electron chi connectivity index (χ3n) is 3.40. The van der Waals surface area contributed by atoms with Gasteiger partial charge in [-0.15, -0.1) is 24.8 Å². The molecule has 0 amide bonds. The molecule has 0 heterocycles. The normalized spacial score (nSPS) is 9.96. The zero-order valence-corrected chi connectivity index (χ0v) is 18.2. The SMILES string of the molecule is Cl.Cl.OCCNCCNCc1ccc(OCc2ccc(Cl)cc2)c(Br)c1. The van der Waals surface area contributed by atoms with Gasteiger partial charge in [0.25, 0.3) is 0 Å². The Hall–Kier alpha value is -0.530. The zero-order chi connectivity index (χ0) is 17.2. The Morgan fingerprint density at radius 2 is 1.58 bits per heavy atom. The van der Waals surface area contributed by atoms with Gasteiger partial charge in [-0.1, -0.05) is 29.8 Å². The quantitative estimate of drug-likeness (QED) is 0.441. The average Bonchev–Trinajstić information content (AvgIpc) is 2.59. The van der Waals surface area contributed by atoms with Crippen molar-refractivity contribution in [3.8, 4) is 5.75 Å². The second-order valence-electron chi connectivity index (χ2n) is 5.33. The van der Waals surface area contributed by atoms with E-state index in [2.05, 4.69) is 38.7 Å². The third kappa shape index (κ3) is 9.42. The summed E-state index contributed by atoms with van der Waals surface area (Å²) in [6.45, 7) is 3.79. The monoisotopic (exact) mass is 484 g/mol. The number of nitrogens with one attached hydrogen (secondary N) is 2. The fraction of sp³-hybridized carbons (Fsp3) is 0.333. The molecule has 0 bridgehead atoms. The first-order chi connectivity index (χ1) is 11.7. The predicted molar refractivity (Wildman–Crippen MR) is 116 cm³/mol. The molecule has 26 heavy (non-hydrogen) atoms. The van der Waals surface area contributed by atoms with E-state index in [1.54, 1.807) is 0 Å². The van der Waals surface area contributed by atoms with E-state index >= 15 is 0 Å². The lowest BCUT2D eigenvalue weighted by molar-refractivity contribution is 0.292. The van der Waals surface area contributed by atoms with Crippen LogP contribution in [0.15, 0.2) is 46.9 Å². The van der Waals surface area contributed by atoms with E-state index in [1.165, 1.54) is 5.56 Å². The van der Waals surface area contributed by atoms with Gasteiger partial charge in [0.05, 0.1) is 11.1 Å². The highest BCUT2D eigenvalue weighted by atomic mass is 79.9. The Morgan fingerprint density at radius 1 is 0.923 bits per heavy atom. The van der Waals surface area contributed by atoms with Gasteiger partial charge in [-0.05, 0) is 51.3 Å². The predicted octanol–water partition coefficient (Wildman–Crippen LogP) is 4.20. The van der Waals surface area contributed by atoms with Crippen LogP contribution in [0.3, 0.4) is 0 Å². The first-order valence-corrected chi connectivity index (χ1v) is 9.04. The summed E-state index contributed by atoms with van der Waals surface area (Å²) in [5.41, 5.74) is 2.26. The molecule has 0 saturated heterocycles. The second-order valence-corrected chi connectivity index (χ2v) is 6.62. The van der Waals surface area contributed by atoms with E-state index in [0.29, 0.717) is 13.2 Å². The minimum Gasteiger partial charge on any atom is -0.488 e. The molecule has 0 fully saturated rings. The molecule has 146 valence electrons. The summed E-state index contributed by atoms with van der Waals surface area (Å²) >= 11 is 9.44. The molecule has 0 atom stereocenters. The Kier molecular flexibility index (Phi) is 14.2. The van der Waals surface area contributed by atoms with Crippen molar-refractivity contribution in [3.63, 3.8) is 0 Å². The lowest BCUT2D eigenvalue weighted by Crippen LogP contribution is -2.28. The molecule has 2 aromatic carbocycles.